The monoisotopic (exact) mass is 346 g/mol. The second-order valence-corrected chi connectivity index (χ2v) is 5.41. The molecule has 3 aromatic carbocycles. The minimum absolute atomic E-state index is 0.0867. The van der Waals surface area contributed by atoms with Gasteiger partial charge in [0.25, 0.3) is 6.08 Å². The lowest BCUT2D eigenvalue weighted by Crippen LogP contribution is -1.93. The number of hydrogen-bond acceptors (Lipinski definition) is 1. The van der Waals surface area contributed by atoms with Crippen LogP contribution < -0.4 is 4.74 Å². The van der Waals surface area contributed by atoms with E-state index in [4.69, 9.17) is 4.74 Å². The van der Waals surface area contributed by atoms with Crippen molar-refractivity contribution < 1.29 is 22.3 Å². The van der Waals surface area contributed by atoms with Gasteiger partial charge in [-0.1, -0.05) is 24.3 Å². The molecule has 0 bridgehead atoms. The van der Waals surface area contributed by atoms with Gasteiger partial charge < -0.3 is 4.74 Å². The van der Waals surface area contributed by atoms with Crippen molar-refractivity contribution in [3.05, 3.63) is 71.8 Å². The van der Waals surface area contributed by atoms with Gasteiger partial charge in [0.2, 0.25) is 0 Å². The smallest absolute Gasteiger partial charge is 0.271 e. The van der Waals surface area contributed by atoms with Gasteiger partial charge in [-0.05, 0) is 47.7 Å². The van der Waals surface area contributed by atoms with E-state index in [1.807, 2.05) is 31.2 Å². The van der Waals surface area contributed by atoms with Crippen LogP contribution in [0.4, 0.5) is 17.6 Å². The van der Waals surface area contributed by atoms with Crippen molar-refractivity contribution in [1.29, 1.82) is 0 Å². The molecular weight excluding hydrogens is 332 g/mol. The van der Waals surface area contributed by atoms with Crippen molar-refractivity contribution in [3.63, 3.8) is 0 Å². The molecule has 0 radical (unpaired) electrons. The van der Waals surface area contributed by atoms with Crippen LogP contribution in [0.25, 0.3) is 28.0 Å². The van der Waals surface area contributed by atoms with E-state index in [-0.39, 0.29) is 11.5 Å². The zero-order chi connectivity index (χ0) is 18.0. The first kappa shape index (κ1) is 17.0. The molecule has 0 unspecified atom stereocenters. The summed E-state index contributed by atoms with van der Waals surface area (Å²) in [6.45, 7) is 2.45. The summed E-state index contributed by atoms with van der Waals surface area (Å²) in [5.74, 6) is -1.29. The summed E-state index contributed by atoms with van der Waals surface area (Å²) in [7, 11) is 0. The zero-order valence-electron chi connectivity index (χ0n) is 13.3. The lowest BCUT2D eigenvalue weighted by Gasteiger charge is -2.09. The predicted octanol–water partition coefficient (Wildman–Crippen LogP) is 6.42. The van der Waals surface area contributed by atoms with Crippen molar-refractivity contribution >= 4 is 16.8 Å². The van der Waals surface area contributed by atoms with Gasteiger partial charge in [0.15, 0.2) is 0 Å². The highest BCUT2D eigenvalue weighted by atomic mass is 19.3. The Kier molecular flexibility index (Phi) is 4.74. The number of benzene rings is 3. The Hall–Kier alpha value is -2.82. The normalized spacial score (nSPS) is 10.8. The Labute approximate surface area is 142 Å². The Bertz CT molecular complexity index is 942. The van der Waals surface area contributed by atoms with Crippen LogP contribution >= 0.6 is 0 Å². The van der Waals surface area contributed by atoms with Crippen LogP contribution in [0.3, 0.4) is 0 Å². The van der Waals surface area contributed by atoms with Crippen molar-refractivity contribution in [2.45, 2.75) is 6.92 Å². The molecule has 25 heavy (non-hydrogen) atoms. The minimum atomic E-state index is -2.15. The molecule has 3 aromatic rings. The summed E-state index contributed by atoms with van der Waals surface area (Å²) < 4.78 is 58.4. The van der Waals surface area contributed by atoms with Crippen LogP contribution in [-0.2, 0) is 0 Å². The standard InChI is InChI=1S/C20H14F4O/c1-2-25-15-6-3-12(4-7-15)13-5-8-16-14(9-13)10-18(21)17(20(16)24)11-19(22)23/h3-11H,2H2,1H3. The molecular formula is C20H14F4O. The van der Waals surface area contributed by atoms with Crippen LogP contribution in [0.15, 0.2) is 54.6 Å². The molecule has 0 saturated carbocycles. The summed E-state index contributed by atoms with van der Waals surface area (Å²) in [5, 5.41) is 0.390. The Morgan fingerprint density at radius 2 is 1.64 bits per heavy atom. The Balaban J connectivity index is 2.07. The topological polar surface area (TPSA) is 9.23 Å². The molecule has 5 heteroatoms. The first-order chi connectivity index (χ1) is 12.0. The summed E-state index contributed by atoms with van der Waals surface area (Å²) >= 11 is 0. The number of ether oxygens (including phenoxy) is 1. The number of halogens is 4. The summed E-state index contributed by atoms with van der Waals surface area (Å²) in [4.78, 5) is 0. The molecule has 0 spiro atoms. The van der Waals surface area contributed by atoms with Gasteiger partial charge in [-0.2, -0.15) is 8.78 Å². The van der Waals surface area contributed by atoms with Gasteiger partial charge in [0, 0.05) is 11.5 Å². The van der Waals surface area contributed by atoms with E-state index < -0.39 is 23.3 Å². The number of fused-ring (bicyclic) bond motifs is 1. The van der Waals surface area contributed by atoms with Gasteiger partial charge in [0.05, 0.1) is 12.2 Å². The molecule has 0 N–H and O–H groups in total. The van der Waals surface area contributed by atoms with Crippen LogP contribution in [0, 0.1) is 11.6 Å². The minimum Gasteiger partial charge on any atom is -0.494 e. The number of hydrogen-bond donors (Lipinski definition) is 0. The van der Waals surface area contributed by atoms with Crippen molar-refractivity contribution in [3.8, 4) is 16.9 Å². The number of rotatable bonds is 4. The lowest BCUT2D eigenvalue weighted by atomic mass is 9.99. The highest BCUT2D eigenvalue weighted by Gasteiger charge is 2.14. The zero-order valence-corrected chi connectivity index (χ0v) is 13.3. The van der Waals surface area contributed by atoms with Crippen molar-refractivity contribution in [1.82, 2.24) is 0 Å². The van der Waals surface area contributed by atoms with Gasteiger partial charge in [-0.15, -0.1) is 0 Å². The largest absolute Gasteiger partial charge is 0.494 e. The highest BCUT2D eigenvalue weighted by molar-refractivity contribution is 5.89. The first-order valence-electron chi connectivity index (χ1n) is 7.67. The van der Waals surface area contributed by atoms with E-state index in [9.17, 15) is 17.6 Å². The van der Waals surface area contributed by atoms with E-state index in [2.05, 4.69) is 0 Å². The van der Waals surface area contributed by atoms with Gasteiger partial charge in [-0.25, -0.2) is 8.78 Å². The van der Waals surface area contributed by atoms with Gasteiger partial charge in [0.1, 0.15) is 17.4 Å². The highest BCUT2D eigenvalue weighted by Crippen LogP contribution is 2.30. The third kappa shape index (κ3) is 3.50. The summed E-state index contributed by atoms with van der Waals surface area (Å²) in [6.07, 6.45) is -1.95. The molecule has 0 heterocycles. The van der Waals surface area contributed by atoms with E-state index in [0.29, 0.717) is 12.0 Å². The van der Waals surface area contributed by atoms with E-state index in [0.717, 1.165) is 22.9 Å². The van der Waals surface area contributed by atoms with Crippen LogP contribution in [0.1, 0.15) is 12.5 Å². The molecule has 0 aliphatic carbocycles. The quantitative estimate of drug-likeness (QED) is 0.495. The Morgan fingerprint density at radius 1 is 0.960 bits per heavy atom. The predicted molar refractivity (Wildman–Crippen MR) is 90.7 cm³/mol. The molecule has 0 aliphatic heterocycles. The molecule has 0 fully saturated rings. The van der Waals surface area contributed by atoms with Gasteiger partial charge >= 0.3 is 0 Å². The van der Waals surface area contributed by atoms with Crippen molar-refractivity contribution in [2.24, 2.45) is 0 Å². The molecule has 0 saturated heterocycles. The second-order valence-electron chi connectivity index (χ2n) is 5.41. The molecule has 1 nitrogen and oxygen atoms in total. The first-order valence-corrected chi connectivity index (χ1v) is 7.67. The molecule has 0 aliphatic rings. The fourth-order valence-electron chi connectivity index (χ4n) is 2.68. The average Bonchev–Trinajstić information content (AvgIpc) is 2.59. The van der Waals surface area contributed by atoms with Crippen LogP contribution in [0.5, 0.6) is 5.75 Å². The van der Waals surface area contributed by atoms with E-state index >= 15 is 0 Å². The maximum Gasteiger partial charge on any atom is 0.271 e. The molecule has 0 aromatic heterocycles. The van der Waals surface area contributed by atoms with E-state index in [1.165, 1.54) is 6.07 Å². The molecule has 128 valence electrons. The maximum atomic E-state index is 14.3. The van der Waals surface area contributed by atoms with Gasteiger partial charge in [-0.3, -0.25) is 0 Å². The molecule has 0 atom stereocenters. The third-order valence-corrected chi connectivity index (χ3v) is 3.82. The summed E-state index contributed by atoms with van der Waals surface area (Å²) in [5.41, 5.74) is 0.876. The Morgan fingerprint density at radius 3 is 2.28 bits per heavy atom. The maximum absolute atomic E-state index is 14.3. The lowest BCUT2D eigenvalue weighted by molar-refractivity contribution is 0.340. The molecule has 3 rings (SSSR count). The fourth-order valence-corrected chi connectivity index (χ4v) is 2.68. The fraction of sp³-hybridized carbons (Fsp3) is 0.100. The van der Waals surface area contributed by atoms with E-state index in [1.54, 1.807) is 12.1 Å². The second kappa shape index (κ2) is 6.97. The third-order valence-electron chi connectivity index (χ3n) is 3.82. The summed E-state index contributed by atoms with van der Waals surface area (Å²) in [6, 6.07) is 13.1. The van der Waals surface area contributed by atoms with Crippen molar-refractivity contribution in [2.75, 3.05) is 6.61 Å². The molecule has 0 amide bonds. The SMILES string of the molecule is CCOc1ccc(-c2ccc3c(F)c(C=C(F)F)c(F)cc3c2)cc1. The van der Waals surface area contributed by atoms with Crippen LogP contribution in [-0.4, -0.2) is 6.61 Å². The van der Waals surface area contributed by atoms with Crippen LogP contribution in [0.2, 0.25) is 0 Å². The average molecular weight is 346 g/mol.